The SMILES string of the molecule is CCCCCCCCCCCCCOP(OCCCCCCCCCCCC)OCCCCCCCCCCCCC. The summed E-state index contributed by atoms with van der Waals surface area (Å²) < 4.78 is 18.4. The minimum atomic E-state index is -1.17. The smallest absolute Gasteiger partial charge is 0.312 e. The van der Waals surface area contributed by atoms with Gasteiger partial charge in [-0.2, -0.15) is 0 Å². The van der Waals surface area contributed by atoms with E-state index >= 15 is 0 Å². The lowest BCUT2D eigenvalue weighted by Gasteiger charge is -2.17. The van der Waals surface area contributed by atoms with E-state index in [1.54, 1.807) is 0 Å². The van der Waals surface area contributed by atoms with Crippen LogP contribution in [0.15, 0.2) is 0 Å². The van der Waals surface area contributed by atoms with Crippen molar-refractivity contribution in [1.82, 2.24) is 0 Å². The molecule has 0 radical (unpaired) electrons. The maximum Gasteiger partial charge on any atom is 0.332 e. The van der Waals surface area contributed by atoms with E-state index in [0.717, 1.165) is 39.1 Å². The quantitative estimate of drug-likeness (QED) is 0.0511. The van der Waals surface area contributed by atoms with Crippen molar-refractivity contribution in [2.45, 2.75) is 226 Å². The zero-order chi connectivity index (χ0) is 30.4. The van der Waals surface area contributed by atoms with Gasteiger partial charge in [-0.05, 0) is 19.3 Å². The summed E-state index contributed by atoms with van der Waals surface area (Å²) in [4.78, 5) is 0. The topological polar surface area (TPSA) is 27.7 Å². The first-order valence-corrected chi connectivity index (χ1v) is 20.6. The first-order valence-electron chi connectivity index (χ1n) is 19.5. The molecule has 42 heavy (non-hydrogen) atoms. The Hall–Kier alpha value is 0.310. The Morgan fingerprint density at radius 2 is 0.405 bits per heavy atom. The standard InChI is InChI=1S/C38H79O3P/c1-4-7-10-13-16-19-22-25-28-31-34-37-40-42(39-36-33-30-27-24-21-18-15-12-9-6-3)41-38-35-32-29-26-23-20-17-14-11-8-5-2/h4-38H2,1-3H3. The molecule has 254 valence electrons. The maximum atomic E-state index is 6.14. The van der Waals surface area contributed by atoms with Crippen LogP contribution in [0.25, 0.3) is 0 Å². The van der Waals surface area contributed by atoms with Crippen molar-refractivity contribution in [2.24, 2.45) is 0 Å². The Bertz CT molecular complexity index is 434. The normalized spacial score (nSPS) is 11.7. The van der Waals surface area contributed by atoms with Crippen molar-refractivity contribution >= 4 is 8.60 Å². The van der Waals surface area contributed by atoms with Crippen LogP contribution in [0, 0.1) is 0 Å². The van der Waals surface area contributed by atoms with E-state index in [2.05, 4.69) is 20.8 Å². The summed E-state index contributed by atoms with van der Waals surface area (Å²) in [5, 5.41) is 0. The molecule has 4 heteroatoms. The van der Waals surface area contributed by atoms with Gasteiger partial charge in [0.05, 0.1) is 19.8 Å². The molecule has 0 aliphatic carbocycles. The summed E-state index contributed by atoms with van der Waals surface area (Å²) in [7, 11) is -1.17. The fourth-order valence-corrected chi connectivity index (χ4v) is 6.71. The highest BCUT2D eigenvalue weighted by Gasteiger charge is 2.12. The van der Waals surface area contributed by atoms with Gasteiger partial charge in [0, 0.05) is 0 Å². The van der Waals surface area contributed by atoms with Crippen molar-refractivity contribution in [2.75, 3.05) is 19.8 Å². The highest BCUT2D eigenvalue weighted by Crippen LogP contribution is 2.40. The van der Waals surface area contributed by atoms with Crippen molar-refractivity contribution in [3.63, 3.8) is 0 Å². The number of rotatable bonds is 38. The van der Waals surface area contributed by atoms with E-state index in [9.17, 15) is 0 Å². The van der Waals surface area contributed by atoms with E-state index in [1.165, 1.54) is 186 Å². The van der Waals surface area contributed by atoms with Gasteiger partial charge in [-0.15, -0.1) is 0 Å². The van der Waals surface area contributed by atoms with Crippen LogP contribution in [0.5, 0.6) is 0 Å². The van der Waals surface area contributed by atoms with Crippen LogP contribution in [-0.4, -0.2) is 19.8 Å². The molecule has 0 atom stereocenters. The predicted molar refractivity (Wildman–Crippen MR) is 190 cm³/mol. The monoisotopic (exact) mass is 615 g/mol. The second kappa shape index (κ2) is 39.3. The summed E-state index contributed by atoms with van der Waals surface area (Å²) in [6, 6.07) is 0. The molecule has 0 N–H and O–H groups in total. The maximum absolute atomic E-state index is 6.14. The van der Waals surface area contributed by atoms with Crippen LogP contribution in [0.1, 0.15) is 226 Å². The zero-order valence-electron chi connectivity index (χ0n) is 29.4. The highest BCUT2D eigenvalue weighted by molar-refractivity contribution is 7.41. The van der Waals surface area contributed by atoms with Crippen LogP contribution < -0.4 is 0 Å². The predicted octanol–water partition coefficient (Wildman–Crippen LogP) is 14.8. The largest absolute Gasteiger partial charge is 0.332 e. The molecule has 0 aliphatic rings. The summed E-state index contributed by atoms with van der Waals surface area (Å²) in [5.74, 6) is 0. The van der Waals surface area contributed by atoms with Crippen LogP contribution in [0.3, 0.4) is 0 Å². The molecule has 0 aliphatic heterocycles. The molecular formula is C38H79O3P. The van der Waals surface area contributed by atoms with E-state index < -0.39 is 8.60 Å². The lowest BCUT2D eigenvalue weighted by molar-refractivity contribution is 0.153. The molecule has 0 saturated heterocycles. The summed E-state index contributed by atoms with van der Waals surface area (Å²) >= 11 is 0. The molecule has 0 unspecified atom stereocenters. The van der Waals surface area contributed by atoms with Crippen molar-refractivity contribution < 1.29 is 13.6 Å². The fraction of sp³-hybridized carbons (Fsp3) is 1.00. The van der Waals surface area contributed by atoms with Gasteiger partial charge < -0.3 is 13.6 Å². The van der Waals surface area contributed by atoms with Gasteiger partial charge in [-0.3, -0.25) is 0 Å². The third-order valence-corrected chi connectivity index (χ3v) is 9.76. The van der Waals surface area contributed by atoms with Crippen LogP contribution >= 0.6 is 8.60 Å². The van der Waals surface area contributed by atoms with Gasteiger partial charge in [-0.25, -0.2) is 0 Å². The molecule has 0 amide bonds. The third-order valence-electron chi connectivity index (χ3n) is 8.58. The van der Waals surface area contributed by atoms with Gasteiger partial charge >= 0.3 is 8.60 Å². The second-order valence-electron chi connectivity index (χ2n) is 13.0. The molecule has 0 bridgehead atoms. The summed E-state index contributed by atoms with van der Waals surface area (Å²) in [6.45, 7) is 9.26. The first-order chi connectivity index (χ1) is 20.8. The van der Waals surface area contributed by atoms with E-state index in [4.69, 9.17) is 13.6 Å². The highest BCUT2D eigenvalue weighted by atomic mass is 31.2. The Kier molecular flexibility index (Phi) is 39.6. The molecule has 0 rings (SSSR count). The van der Waals surface area contributed by atoms with E-state index in [1.807, 2.05) is 0 Å². The molecule has 0 aromatic rings. The number of hydrogen-bond donors (Lipinski definition) is 0. The fourth-order valence-electron chi connectivity index (χ4n) is 5.65. The Morgan fingerprint density at radius 1 is 0.238 bits per heavy atom. The molecule has 0 aromatic heterocycles. The Balaban J connectivity index is 3.89. The van der Waals surface area contributed by atoms with Gasteiger partial charge in [-0.1, -0.05) is 207 Å². The van der Waals surface area contributed by atoms with E-state index in [-0.39, 0.29) is 0 Å². The third kappa shape index (κ3) is 36.5. The average molecular weight is 615 g/mol. The van der Waals surface area contributed by atoms with Gasteiger partial charge in [0.25, 0.3) is 0 Å². The minimum Gasteiger partial charge on any atom is -0.312 e. The molecule has 0 saturated carbocycles. The van der Waals surface area contributed by atoms with Gasteiger partial charge in [0.2, 0.25) is 0 Å². The lowest BCUT2D eigenvalue weighted by Crippen LogP contribution is -2.00. The van der Waals surface area contributed by atoms with Crippen LogP contribution in [0.2, 0.25) is 0 Å². The minimum absolute atomic E-state index is 0.790. The first kappa shape index (κ1) is 42.3. The molecule has 0 spiro atoms. The van der Waals surface area contributed by atoms with Crippen molar-refractivity contribution in [3.05, 3.63) is 0 Å². The number of unbranched alkanes of at least 4 members (excludes halogenated alkanes) is 29. The summed E-state index contributed by atoms with van der Waals surface area (Å²) in [5.41, 5.74) is 0. The van der Waals surface area contributed by atoms with Crippen molar-refractivity contribution in [3.8, 4) is 0 Å². The zero-order valence-corrected chi connectivity index (χ0v) is 30.3. The van der Waals surface area contributed by atoms with Crippen LogP contribution in [-0.2, 0) is 13.6 Å². The van der Waals surface area contributed by atoms with Crippen molar-refractivity contribution in [1.29, 1.82) is 0 Å². The Labute approximate surface area is 267 Å². The van der Waals surface area contributed by atoms with Crippen LogP contribution in [0.4, 0.5) is 0 Å². The molecule has 0 aromatic carbocycles. The molecular weight excluding hydrogens is 535 g/mol. The number of hydrogen-bond acceptors (Lipinski definition) is 3. The lowest BCUT2D eigenvalue weighted by atomic mass is 10.1. The molecule has 3 nitrogen and oxygen atoms in total. The van der Waals surface area contributed by atoms with E-state index in [0.29, 0.717) is 0 Å². The van der Waals surface area contributed by atoms with Gasteiger partial charge in [0.1, 0.15) is 0 Å². The average Bonchev–Trinajstić information content (AvgIpc) is 3.00. The van der Waals surface area contributed by atoms with Gasteiger partial charge in [0.15, 0.2) is 0 Å². The summed E-state index contributed by atoms with van der Waals surface area (Å²) in [6.07, 6.45) is 43.6. The molecule has 0 fully saturated rings. The second-order valence-corrected chi connectivity index (χ2v) is 14.2. The Morgan fingerprint density at radius 3 is 0.595 bits per heavy atom. The molecule has 0 heterocycles.